The Morgan fingerprint density at radius 2 is 2.21 bits per heavy atom. The highest BCUT2D eigenvalue weighted by Crippen LogP contribution is 2.24. The molecule has 2 aromatic heterocycles. The number of halogens is 1. The lowest BCUT2D eigenvalue weighted by Crippen LogP contribution is -2.02. The van der Waals surface area contributed by atoms with Crippen molar-refractivity contribution < 1.29 is 0 Å². The molecule has 0 saturated carbocycles. The molecule has 5 heteroatoms. The maximum Gasteiger partial charge on any atom is 0.178 e. The van der Waals surface area contributed by atoms with Crippen molar-refractivity contribution in [3.8, 4) is 0 Å². The predicted molar refractivity (Wildman–Crippen MR) is 80.2 cm³/mol. The number of nitrogens with one attached hydrogen (secondary N) is 1. The van der Waals surface area contributed by atoms with Gasteiger partial charge in [-0.2, -0.15) is 0 Å². The maximum absolute atomic E-state index is 6.28. The monoisotopic (exact) mass is 289 g/mol. The van der Waals surface area contributed by atoms with E-state index in [4.69, 9.17) is 23.8 Å². The van der Waals surface area contributed by atoms with Crippen molar-refractivity contribution in [3.63, 3.8) is 0 Å². The van der Waals surface area contributed by atoms with E-state index < -0.39 is 0 Å². The molecule has 0 saturated heterocycles. The summed E-state index contributed by atoms with van der Waals surface area (Å²) in [6.45, 7) is 2.74. The van der Waals surface area contributed by atoms with Gasteiger partial charge in [0.25, 0.3) is 0 Å². The number of H-pyrrole nitrogens is 1. The molecule has 0 aliphatic carbocycles. The van der Waals surface area contributed by atoms with E-state index in [0.29, 0.717) is 16.3 Å². The van der Waals surface area contributed by atoms with E-state index in [0.717, 1.165) is 16.6 Å². The summed E-state index contributed by atoms with van der Waals surface area (Å²) in [5.41, 5.74) is 4.23. The second-order valence-electron chi connectivity index (χ2n) is 4.45. The zero-order valence-corrected chi connectivity index (χ0v) is 11.9. The van der Waals surface area contributed by atoms with Crippen molar-refractivity contribution in [2.45, 2.75) is 13.5 Å². The van der Waals surface area contributed by atoms with Crippen LogP contribution >= 0.6 is 23.8 Å². The summed E-state index contributed by atoms with van der Waals surface area (Å²) in [4.78, 5) is 7.35. The van der Waals surface area contributed by atoms with Gasteiger partial charge in [0.05, 0.1) is 22.6 Å². The van der Waals surface area contributed by atoms with Crippen LogP contribution in [0.1, 0.15) is 11.1 Å². The zero-order chi connectivity index (χ0) is 13.4. The Morgan fingerprint density at radius 3 is 3.00 bits per heavy atom. The van der Waals surface area contributed by atoms with Gasteiger partial charge in [0, 0.05) is 12.4 Å². The predicted octanol–water partition coefficient (Wildman–Crippen LogP) is 4.10. The van der Waals surface area contributed by atoms with Gasteiger partial charge in [0.1, 0.15) is 0 Å². The molecule has 96 valence electrons. The quantitative estimate of drug-likeness (QED) is 0.721. The summed E-state index contributed by atoms with van der Waals surface area (Å²) in [7, 11) is 0. The molecule has 0 aliphatic rings. The number of aryl methyl sites for hydroxylation is 1. The average molecular weight is 290 g/mol. The van der Waals surface area contributed by atoms with Crippen molar-refractivity contribution in [3.05, 3.63) is 57.6 Å². The summed E-state index contributed by atoms with van der Waals surface area (Å²) in [5.74, 6) is 0. The lowest BCUT2D eigenvalue weighted by atomic mass is 10.1. The molecule has 0 aliphatic heterocycles. The number of fused-ring (bicyclic) bond motifs is 1. The number of hydrogen-bond acceptors (Lipinski definition) is 2. The molecule has 0 spiro atoms. The van der Waals surface area contributed by atoms with Crippen LogP contribution in [0.5, 0.6) is 0 Å². The van der Waals surface area contributed by atoms with E-state index in [2.05, 4.69) is 16.9 Å². The number of aromatic amines is 1. The van der Waals surface area contributed by atoms with Crippen molar-refractivity contribution in [2.75, 3.05) is 0 Å². The lowest BCUT2D eigenvalue weighted by Gasteiger charge is -2.08. The number of imidazole rings is 1. The van der Waals surface area contributed by atoms with Crippen LogP contribution in [-0.2, 0) is 6.54 Å². The SMILES string of the molecule is Cc1ccncc1Cn1c(=S)[nH]c2cccc(Cl)c21. The minimum Gasteiger partial charge on any atom is -0.331 e. The summed E-state index contributed by atoms with van der Waals surface area (Å²) in [6.07, 6.45) is 3.66. The maximum atomic E-state index is 6.28. The molecule has 19 heavy (non-hydrogen) atoms. The van der Waals surface area contributed by atoms with Crippen LogP contribution in [0.3, 0.4) is 0 Å². The van der Waals surface area contributed by atoms with E-state index in [1.54, 1.807) is 6.20 Å². The Morgan fingerprint density at radius 1 is 1.37 bits per heavy atom. The summed E-state index contributed by atoms with van der Waals surface area (Å²) < 4.78 is 2.68. The molecule has 0 unspecified atom stereocenters. The first-order valence-corrected chi connectivity index (χ1v) is 6.72. The standard InChI is InChI=1S/C14H12ClN3S/c1-9-5-6-16-7-10(9)8-18-13-11(15)3-2-4-12(13)17-14(18)19/h2-7H,8H2,1H3,(H,17,19). The fraction of sp³-hybridized carbons (Fsp3) is 0.143. The van der Waals surface area contributed by atoms with E-state index in [1.165, 1.54) is 5.56 Å². The topological polar surface area (TPSA) is 33.6 Å². The molecular weight excluding hydrogens is 278 g/mol. The van der Waals surface area contributed by atoms with Gasteiger partial charge in [-0.15, -0.1) is 0 Å². The fourth-order valence-corrected chi connectivity index (χ4v) is 2.70. The molecule has 2 heterocycles. The normalized spacial score (nSPS) is 11.1. The molecule has 0 radical (unpaired) electrons. The molecular formula is C14H12ClN3S. The Balaban J connectivity index is 2.19. The van der Waals surface area contributed by atoms with Crippen LogP contribution in [0, 0.1) is 11.7 Å². The molecule has 0 atom stereocenters. The minimum atomic E-state index is 0.669. The Bertz CT molecular complexity index is 804. The molecule has 0 amide bonds. The lowest BCUT2D eigenvalue weighted by molar-refractivity contribution is 0.800. The van der Waals surface area contributed by atoms with Crippen LogP contribution in [0.2, 0.25) is 5.02 Å². The van der Waals surface area contributed by atoms with Crippen LogP contribution in [-0.4, -0.2) is 14.5 Å². The summed E-state index contributed by atoms with van der Waals surface area (Å²) in [6, 6.07) is 7.76. The van der Waals surface area contributed by atoms with E-state index >= 15 is 0 Å². The van der Waals surface area contributed by atoms with E-state index in [9.17, 15) is 0 Å². The Kier molecular flexibility index (Phi) is 3.12. The van der Waals surface area contributed by atoms with Crippen molar-refractivity contribution in [1.82, 2.24) is 14.5 Å². The summed E-state index contributed by atoms with van der Waals surface area (Å²) >= 11 is 11.7. The van der Waals surface area contributed by atoms with Crippen LogP contribution in [0.25, 0.3) is 11.0 Å². The first-order valence-electron chi connectivity index (χ1n) is 5.93. The number of nitrogens with zero attached hydrogens (tertiary/aromatic N) is 2. The third-order valence-electron chi connectivity index (χ3n) is 3.22. The molecule has 0 bridgehead atoms. The molecule has 0 fully saturated rings. The number of hydrogen-bond donors (Lipinski definition) is 1. The second kappa shape index (κ2) is 4.79. The van der Waals surface area contributed by atoms with Crippen LogP contribution in [0.4, 0.5) is 0 Å². The highest BCUT2D eigenvalue weighted by molar-refractivity contribution is 7.71. The largest absolute Gasteiger partial charge is 0.331 e. The van der Waals surface area contributed by atoms with Gasteiger partial charge in [-0.3, -0.25) is 4.98 Å². The van der Waals surface area contributed by atoms with Gasteiger partial charge in [0.15, 0.2) is 4.77 Å². The number of para-hydroxylation sites is 1. The molecule has 3 aromatic rings. The molecule has 3 rings (SSSR count). The highest BCUT2D eigenvalue weighted by atomic mass is 35.5. The first kappa shape index (κ1) is 12.4. The van der Waals surface area contributed by atoms with E-state index in [-0.39, 0.29) is 0 Å². The van der Waals surface area contributed by atoms with E-state index in [1.807, 2.05) is 35.0 Å². The van der Waals surface area contributed by atoms with Crippen LogP contribution in [0.15, 0.2) is 36.7 Å². The fourth-order valence-electron chi connectivity index (χ4n) is 2.16. The number of rotatable bonds is 2. The van der Waals surface area contributed by atoms with Crippen molar-refractivity contribution >= 4 is 34.9 Å². The van der Waals surface area contributed by atoms with Gasteiger partial charge in [0.2, 0.25) is 0 Å². The van der Waals surface area contributed by atoms with Gasteiger partial charge < -0.3 is 9.55 Å². The van der Waals surface area contributed by atoms with Gasteiger partial charge in [-0.1, -0.05) is 17.7 Å². The highest BCUT2D eigenvalue weighted by Gasteiger charge is 2.09. The zero-order valence-electron chi connectivity index (χ0n) is 10.4. The molecule has 3 nitrogen and oxygen atoms in total. The molecule has 1 N–H and O–H groups in total. The smallest absolute Gasteiger partial charge is 0.178 e. The average Bonchev–Trinajstić information content (AvgIpc) is 2.70. The first-order chi connectivity index (χ1) is 9.16. The molecule has 1 aromatic carbocycles. The Hall–Kier alpha value is -1.65. The van der Waals surface area contributed by atoms with Gasteiger partial charge >= 0.3 is 0 Å². The van der Waals surface area contributed by atoms with Crippen molar-refractivity contribution in [2.24, 2.45) is 0 Å². The number of benzene rings is 1. The van der Waals surface area contributed by atoms with Gasteiger partial charge in [-0.25, -0.2) is 0 Å². The van der Waals surface area contributed by atoms with Crippen molar-refractivity contribution in [1.29, 1.82) is 0 Å². The third-order valence-corrected chi connectivity index (χ3v) is 3.85. The number of pyridine rings is 1. The Labute approximate surface area is 120 Å². The minimum absolute atomic E-state index is 0.669. The second-order valence-corrected chi connectivity index (χ2v) is 5.25. The third kappa shape index (κ3) is 2.17. The van der Waals surface area contributed by atoms with Crippen LogP contribution < -0.4 is 0 Å². The number of aromatic nitrogens is 3. The summed E-state index contributed by atoms with van der Waals surface area (Å²) in [5, 5.41) is 0.700. The van der Waals surface area contributed by atoms with Gasteiger partial charge in [-0.05, 0) is 48.5 Å².